The van der Waals surface area contributed by atoms with Gasteiger partial charge in [-0.1, -0.05) is 0 Å². The third-order valence-electron chi connectivity index (χ3n) is 2.49. The summed E-state index contributed by atoms with van der Waals surface area (Å²) < 4.78 is 0. The van der Waals surface area contributed by atoms with E-state index in [1.165, 1.54) is 19.4 Å². The van der Waals surface area contributed by atoms with Gasteiger partial charge in [0.05, 0.1) is 6.10 Å². The second-order valence-corrected chi connectivity index (χ2v) is 3.18. The third kappa shape index (κ3) is 0.864. The second kappa shape index (κ2) is 1.96. The molecule has 2 saturated heterocycles. The standard InChI is InChI=1S/C7H13NO/c9-7-4-6-2-1-3-8(6)5-7/h6-7,9H,1-5H2/t6?,7-/m1/s1. The van der Waals surface area contributed by atoms with Gasteiger partial charge >= 0.3 is 0 Å². The molecule has 0 spiro atoms. The van der Waals surface area contributed by atoms with Crippen molar-refractivity contribution in [1.29, 1.82) is 0 Å². The first kappa shape index (κ1) is 5.69. The van der Waals surface area contributed by atoms with Crippen LogP contribution >= 0.6 is 0 Å². The fourth-order valence-corrected chi connectivity index (χ4v) is 2.06. The largest absolute Gasteiger partial charge is 0.392 e. The fourth-order valence-electron chi connectivity index (χ4n) is 2.06. The average Bonchev–Trinajstić information content (AvgIpc) is 2.22. The number of rotatable bonds is 0. The van der Waals surface area contributed by atoms with Crippen LogP contribution in [0.4, 0.5) is 0 Å². The van der Waals surface area contributed by atoms with Crippen molar-refractivity contribution in [3.05, 3.63) is 0 Å². The Kier molecular flexibility index (Phi) is 1.24. The molecule has 0 amide bonds. The number of aliphatic hydroxyl groups excluding tert-OH is 1. The Labute approximate surface area is 55.5 Å². The molecule has 0 aliphatic carbocycles. The molecule has 2 heteroatoms. The molecule has 2 aliphatic rings. The molecule has 2 aliphatic heterocycles. The first-order valence-corrected chi connectivity index (χ1v) is 3.78. The maximum absolute atomic E-state index is 9.19. The molecular formula is C7H13NO. The number of nitrogens with zero attached hydrogens (tertiary/aromatic N) is 1. The van der Waals surface area contributed by atoms with Gasteiger partial charge in [0.25, 0.3) is 0 Å². The highest BCUT2D eigenvalue weighted by atomic mass is 16.3. The predicted molar refractivity (Wildman–Crippen MR) is 35.2 cm³/mol. The summed E-state index contributed by atoms with van der Waals surface area (Å²) in [7, 11) is 0. The van der Waals surface area contributed by atoms with Gasteiger partial charge in [-0.2, -0.15) is 0 Å². The van der Waals surface area contributed by atoms with Gasteiger partial charge in [0.1, 0.15) is 0 Å². The van der Waals surface area contributed by atoms with Gasteiger partial charge in [-0.25, -0.2) is 0 Å². The monoisotopic (exact) mass is 127 g/mol. The van der Waals surface area contributed by atoms with E-state index in [-0.39, 0.29) is 6.10 Å². The van der Waals surface area contributed by atoms with Crippen LogP contribution in [-0.4, -0.2) is 35.2 Å². The van der Waals surface area contributed by atoms with Gasteiger partial charge in [-0.05, 0) is 25.8 Å². The van der Waals surface area contributed by atoms with Crippen molar-refractivity contribution in [2.75, 3.05) is 13.1 Å². The zero-order valence-corrected chi connectivity index (χ0v) is 5.58. The zero-order chi connectivity index (χ0) is 6.27. The van der Waals surface area contributed by atoms with Crippen LogP contribution in [0, 0.1) is 0 Å². The van der Waals surface area contributed by atoms with Crippen LogP contribution in [0.25, 0.3) is 0 Å². The average molecular weight is 127 g/mol. The zero-order valence-electron chi connectivity index (χ0n) is 5.58. The minimum absolute atomic E-state index is 0.0182. The first-order chi connectivity index (χ1) is 4.36. The smallest absolute Gasteiger partial charge is 0.0682 e. The number of hydrogen-bond acceptors (Lipinski definition) is 2. The van der Waals surface area contributed by atoms with Gasteiger partial charge in [-0.15, -0.1) is 0 Å². The molecule has 0 radical (unpaired) electrons. The molecule has 2 atom stereocenters. The lowest BCUT2D eigenvalue weighted by Crippen LogP contribution is -2.23. The first-order valence-electron chi connectivity index (χ1n) is 3.78. The fraction of sp³-hybridized carbons (Fsp3) is 1.00. The van der Waals surface area contributed by atoms with Gasteiger partial charge < -0.3 is 5.11 Å². The van der Waals surface area contributed by atoms with Gasteiger partial charge in [0, 0.05) is 12.6 Å². The van der Waals surface area contributed by atoms with Crippen LogP contribution in [0.1, 0.15) is 19.3 Å². The molecule has 0 aromatic carbocycles. The van der Waals surface area contributed by atoms with Gasteiger partial charge in [0.15, 0.2) is 0 Å². The number of fused-ring (bicyclic) bond motifs is 1. The molecule has 2 rings (SSSR count). The normalized spacial score (nSPS) is 43.7. The molecule has 52 valence electrons. The summed E-state index contributed by atoms with van der Waals surface area (Å²) in [6.45, 7) is 2.16. The summed E-state index contributed by atoms with van der Waals surface area (Å²) in [4.78, 5) is 2.41. The van der Waals surface area contributed by atoms with E-state index in [1.807, 2.05) is 0 Å². The highest BCUT2D eigenvalue weighted by molar-refractivity contribution is 4.89. The molecule has 2 nitrogen and oxygen atoms in total. The Morgan fingerprint density at radius 3 is 3.11 bits per heavy atom. The number of aliphatic hydroxyl groups is 1. The van der Waals surface area contributed by atoms with E-state index >= 15 is 0 Å². The van der Waals surface area contributed by atoms with E-state index in [0.29, 0.717) is 0 Å². The maximum atomic E-state index is 9.19. The van der Waals surface area contributed by atoms with Crippen molar-refractivity contribution in [1.82, 2.24) is 4.90 Å². The van der Waals surface area contributed by atoms with E-state index < -0.39 is 0 Å². The molecule has 1 N–H and O–H groups in total. The van der Waals surface area contributed by atoms with Crippen LogP contribution in [-0.2, 0) is 0 Å². The summed E-state index contributed by atoms with van der Waals surface area (Å²) in [5.74, 6) is 0. The lowest BCUT2D eigenvalue weighted by atomic mass is 10.1. The quantitative estimate of drug-likeness (QED) is 0.503. The van der Waals surface area contributed by atoms with Crippen molar-refractivity contribution < 1.29 is 5.11 Å². The Morgan fingerprint density at radius 2 is 2.33 bits per heavy atom. The molecule has 2 fully saturated rings. The molecule has 0 saturated carbocycles. The summed E-state index contributed by atoms with van der Waals surface area (Å²) in [6.07, 6.45) is 3.67. The van der Waals surface area contributed by atoms with Gasteiger partial charge in [-0.3, -0.25) is 4.90 Å². The molecule has 1 unspecified atom stereocenters. The van der Waals surface area contributed by atoms with Crippen LogP contribution in [0.15, 0.2) is 0 Å². The Balaban J connectivity index is 2.02. The third-order valence-corrected chi connectivity index (χ3v) is 2.49. The molecule has 9 heavy (non-hydrogen) atoms. The minimum Gasteiger partial charge on any atom is -0.392 e. The van der Waals surface area contributed by atoms with Crippen LogP contribution in [0.5, 0.6) is 0 Å². The van der Waals surface area contributed by atoms with Crippen LogP contribution < -0.4 is 0 Å². The van der Waals surface area contributed by atoms with Crippen LogP contribution in [0.3, 0.4) is 0 Å². The lowest BCUT2D eigenvalue weighted by molar-refractivity contribution is 0.177. The Morgan fingerprint density at radius 1 is 1.44 bits per heavy atom. The lowest BCUT2D eigenvalue weighted by Gasteiger charge is -2.11. The molecule has 0 bridgehead atoms. The van der Waals surface area contributed by atoms with Crippen molar-refractivity contribution in [3.63, 3.8) is 0 Å². The van der Waals surface area contributed by atoms with E-state index in [9.17, 15) is 5.11 Å². The molecular weight excluding hydrogens is 114 g/mol. The molecule has 0 aromatic heterocycles. The predicted octanol–water partition coefficient (Wildman–Crippen LogP) is 0.215. The second-order valence-electron chi connectivity index (χ2n) is 3.18. The van der Waals surface area contributed by atoms with E-state index in [4.69, 9.17) is 0 Å². The number of hydrogen-bond donors (Lipinski definition) is 1. The summed E-state index contributed by atoms with van der Waals surface area (Å²) in [5.41, 5.74) is 0. The minimum atomic E-state index is -0.0182. The Hall–Kier alpha value is -0.0800. The van der Waals surface area contributed by atoms with Gasteiger partial charge in [0.2, 0.25) is 0 Å². The summed E-state index contributed by atoms with van der Waals surface area (Å²) in [6, 6.07) is 0.736. The highest BCUT2D eigenvalue weighted by Gasteiger charge is 2.33. The SMILES string of the molecule is O[C@@H]1CC2CCCN2C1. The highest BCUT2D eigenvalue weighted by Crippen LogP contribution is 2.27. The van der Waals surface area contributed by atoms with Crippen molar-refractivity contribution >= 4 is 0 Å². The Bertz CT molecular complexity index is 103. The topological polar surface area (TPSA) is 23.5 Å². The molecule has 0 aromatic rings. The van der Waals surface area contributed by atoms with Crippen molar-refractivity contribution in [2.45, 2.75) is 31.4 Å². The van der Waals surface area contributed by atoms with Crippen molar-refractivity contribution in [2.24, 2.45) is 0 Å². The van der Waals surface area contributed by atoms with E-state index in [1.54, 1.807) is 0 Å². The van der Waals surface area contributed by atoms with E-state index in [2.05, 4.69) is 4.90 Å². The van der Waals surface area contributed by atoms with E-state index in [0.717, 1.165) is 19.0 Å². The summed E-state index contributed by atoms with van der Waals surface area (Å²) in [5, 5.41) is 9.19. The maximum Gasteiger partial charge on any atom is 0.0682 e. The van der Waals surface area contributed by atoms with Crippen LogP contribution in [0.2, 0.25) is 0 Å². The summed E-state index contributed by atoms with van der Waals surface area (Å²) >= 11 is 0. The molecule has 2 heterocycles. The van der Waals surface area contributed by atoms with Crippen molar-refractivity contribution in [3.8, 4) is 0 Å².